The highest BCUT2D eigenvalue weighted by molar-refractivity contribution is 7.80. The van der Waals surface area contributed by atoms with Crippen molar-refractivity contribution in [2.45, 2.75) is 51.6 Å². The molecule has 1 aromatic carbocycles. The molecule has 0 saturated carbocycles. The highest BCUT2D eigenvalue weighted by Gasteiger charge is 2.25. The average Bonchev–Trinajstić information content (AvgIpc) is 2.79. The SMILES string of the molecule is C=CC(CCCC)CNC(CC)C(NC(=S)NF)c1ccnc2ccc(OC)cc12. The van der Waals surface area contributed by atoms with E-state index in [1.54, 1.807) is 18.8 Å². The number of rotatable bonds is 12. The van der Waals surface area contributed by atoms with Crippen molar-refractivity contribution in [3.05, 3.63) is 48.7 Å². The molecule has 3 N–H and O–H groups in total. The summed E-state index contributed by atoms with van der Waals surface area (Å²) in [7, 11) is 1.64. The summed E-state index contributed by atoms with van der Waals surface area (Å²) >= 11 is 5.10. The quantitative estimate of drug-likeness (QED) is 0.249. The highest BCUT2D eigenvalue weighted by atomic mass is 32.1. The van der Waals surface area contributed by atoms with Crippen molar-refractivity contribution in [1.29, 1.82) is 0 Å². The topological polar surface area (TPSA) is 58.2 Å². The summed E-state index contributed by atoms with van der Waals surface area (Å²) in [5, 5.41) is 7.70. The van der Waals surface area contributed by atoms with E-state index in [9.17, 15) is 4.48 Å². The predicted molar refractivity (Wildman–Crippen MR) is 126 cm³/mol. The van der Waals surface area contributed by atoms with Gasteiger partial charge < -0.3 is 15.4 Å². The molecule has 0 radical (unpaired) electrons. The van der Waals surface area contributed by atoms with E-state index in [1.165, 1.54) is 6.42 Å². The van der Waals surface area contributed by atoms with Gasteiger partial charge >= 0.3 is 0 Å². The van der Waals surface area contributed by atoms with Crippen molar-refractivity contribution < 1.29 is 9.22 Å². The number of methoxy groups -OCH3 is 1. The second kappa shape index (κ2) is 12.4. The molecule has 0 bridgehead atoms. The van der Waals surface area contributed by atoms with Gasteiger partial charge in [0.2, 0.25) is 0 Å². The predicted octanol–water partition coefficient (Wildman–Crippen LogP) is 4.99. The van der Waals surface area contributed by atoms with Crippen LogP contribution in [0.5, 0.6) is 5.75 Å². The van der Waals surface area contributed by atoms with Gasteiger partial charge in [0.25, 0.3) is 0 Å². The molecule has 3 atom stereocenters. The Kier molecular flexibility index (Phi) is 9.97. The van der Waals surface area contributed by atoms with Gasteiger partial charge in [-0.2, -0.15) is 5.54 Å². The number of thiocarbonyl (C=S) groups is 1. The minimum Gasteiger partial charge on any atom is -0.497 e. The second-order valence-electron chi connectivity index (χ2n) is 7.39. The highest BCUT2D eigenvalue weighted by Crippen LogP contribution is 2.29. The molecular formula is C23H33FN4OS. The number of aromatic nitrogens is 1. The zero-order chi connectivity index (χ0) is 21.9. The summed E-state index contributed by atoms with van der Waals surface area (Å²) in [5.74, 6) is 1.13. The van der Waals surface area contributed by atoms with Gasteiger partial charge in [-0.1, -0.05) is 32.8 Å². The Hall–Kier alpha value is -2.25. The van der Waals surface area contributed by atoms with Gasteiger partial charge in [-0.3, -0.25) is 4.98 Å². The summed E-state index contributed by atoms with van der Waals surface area (Å²) in [6.07, 6.45) is 8.04. The molecule has 0 spiro atoms. The van der Waals surface area contributed by atoms with Crippen molar-refractivity contribution in [3.8, 4) is 5.75 Å². The van der Waals surface area contributed by atoms with Crippen molar-refractivity contribution >= 4 is 28.2 Å². The summed E-state index contributed by atoms with van der Waals surface area (Å²) < 4.78 is 18.5. The molecule has 164 valence electrons. The van der Waals surface area contributed by atoms with E-state index in [0.717, 1.165) is 48.0 Å². The zero-order valence-electron chi connectivity index (χ0n) is 18.1. The van der Waals surface area contributed by atoms with Crippen LogP contribution in [0.25, 0.3) is 10.9 Å². The first kappa shape index (κ1) is 24.0. The summed E-state index contributed by atoms with van der Waals surface area (Å²) in [6, 6.07) is 7.49. The molecule has 1 heterocycles. The Bertz CT molecular complexity index is 832. The van der Waals surface area contributed by atoms with Gasteiger partial charge in [-0.05, 0) is 60.8 Å². The number of unbranched alkanes of at least 4 members (excludes halogenated alkanes) is 1. The molecule has 1 aromatic heterocycles. The molecule has 2 rings (SSSR count). The van der Waals surface area contributed by atoms with Crippen LogP contribution in [-0.2, 0) is 0 Å². The average molecular weight is 433 g/mol. The maximum Gasteiger partial charge on any atom is 0.195 e. The van der Waals surface area contributed by atoms with E-state index in [2.05, 4.69) is 36.0 Å². The number of nitrogens with zero attached hydrogens (tertiary/aromatic N) is 1. The number of hydrogen-bond donors (Lipinski definition) is 3. The van der Waals surface area contributed by atoms with Crippen LogP contribution in [0.15, 0.2) is 43.1 Å². The number of benzene rings is 1. The smallest absolute Gasteiger partial charge is 0.195 e. The number of fused-ring (bicyclic) bond motifs is 1. The van der Waals surface area contributed by atoms with Crippen molar-refractivity contribution in [3.63, 3.8) is 0 Å². The number of pyridine rings is 1. The van der Waals surface area contributed by atoms with Gasteiger partial charge in [0.15, 0.2) is 5.11 Å². The van der Waals surface area contributed by atoms with E-state index < -0.39 is 0 Å². The zero-order valence-corrected chi connectivity index (χ0v) is 18.9. The molecule has 0 fully saturated rings. The first-order valence-electron chi connectivity index (χ1n) is 10.5. The first-order valence-corrected chi connectivity index (χ1v) is 10.9. The van der Waals surface area contributed by atoms with Gasteiger partial charge in [0.1, 0.15) is 5.75 Å². The molecule has 0 saturated heterocycles. The molecule has 0 aliphatic heterocycles. The molecular weight excluding hydrogens is 399 g/mol. The van der Waals surface area contributed by atoms with Crippen LogP contribution in [-0.4, -0.2) is 29.8 Å². The third-order valence-corrected chi connectivity index (χ3v) is 5.63. The Morgan fingerprint density at radius 1 is 1.33 bits per heavy atom. The van der Waals surface area contributed by atoms with Gasteiger partial charge in [-0.25, -0.2) is 0 Å². The summed E-state index contributed by atoms with van der Waals surface area (Å²) in [5.41, 5.74) is 3.39. The minimum atomic E-state index is -0.250. The lowest BCUT2D eigenvalue weighted by Crippen LogP contribution is -2.46. The Morgan fingerprint density at radius 2 is 2.13 bits per heavy atom. The van der Waals surface area contributed by atoms with Crippen LogP contribution in [0.1, 0.15) is 51.1 Å². The lowest BCUT2D eigenvalue weighted by Gasteiger charge is -2.31. The van der Waals surface area contributed by atoms with E-state index in [-0.39, 0.29) is 17.2 Å². The normalized spacial score (nSPS) is 14.0. The van der Waals surface area contributed by atoms with Crippen LogP contribution >= 0.6 is 12.2 Å². The van der Waals surface area contributed by atoms with Crippen LogP contribution in [0, 0.1) is 5.92 Å². The summed E-state index contributed by atoms with van der Waals surface area (Å²) in [6.45, 7) is 9.09. The fourth-order valence-electron chi connectivity index (χ4n) is 3.68. The lowest BCUT2D eigenvalue weighted by molar-refractivity contribution is 0.363. The molecule has 0 amide bonds. The van der Waals surface area contributed by atoms with Crippen molar-refractivity contribution in [2.75, 3.05) is 13.7 Å². The maximum absolute atomic E-state index is 13.1. The van der Waals surface area contributed by atoms with Gasteiger partial charge in [-0.15, -0.1) is 11.1 Å². The molecule has 30 heavy (non-hydrogen) atoms. The standard InChI is InChI=1S/C23H33FN4OS/c1-5-8-9-16(6-2)15-26-20(7-3)22(27-23(30)28-24)18-12-13-25-21-11-10-17(29-4)14-19(18)21/h6,10-14,16,20,22,26H,2,5,7-9,15H2,1,3-4H3,(H2,27,28,30). The van der Waals surface area contributed by atoms with E-state index in [0.29, 0.717) is 5.92 Å². The molecule has 2 aromatic rings. The van der Waals surface area contributed by atoms with Gasteiger partial charge in [0.05, 0.1) is 18.7 Å². The monoisotopic (exact) mass is 432 g/mol. The van der Waals surface area contributed by atoms with Crippen molar-refractivity contribution in [1.82, 2.24) is 21.2 Å². The van der Waals surface area contributed by atoms with Crippen LogP contribution in [0.3, 0.4) is 0 Å². The summed E-state index contributed by atoms with van der Waals surface area (Å²) in [4.78, 5) is 4.47. The van der Waals surface area contributed by atoms with E-state index in [1.807, 2.05) is 30.3 Å². The Morgan fingerprint density at radius 3 is 2.77 bits per heavy atom. The van der Waals surface area contributed by atoms with E-state index >= 15 is 0 Å². The second-order valence-corrected chi connectivity index (χ2v) is 7.80. The van der Waals surface area contributed by atoms with Crippen LogP contribution in [0.4, 0.5) is 4.48 Å². The number of nitrogens with one attached hydrogen (secondary N) is 3. The first-order chi connectivity index (χ1) is 14.6. The largest absolute Gasteiger partial charge is 0.497 e. The van der Waals surface area contributed by atoms with E-state index in [4.69, 9.17) is 17.0 Å². The van der Waals surface area contributed by atoms with Crippen LogP contribution in [0.2, 0.25) is 0 Å². The van der Waals surface area contributed by atoms with Gasteiger partial charge in [0, 0.05) is 24.2 Å². The Labute approximate surface area is 184 Å². The molecule has 0 aliphatic carbocycles. The molecule has 7 heteroatoms. The third kappa shape index (κ3) is 6.37. The molecule has 5 nitrogen and oxygen atoms in total. The number of ether oxygens (including phenoxy) is 1. The van der Waals surface area contributed by atoms with Crippen LogP contribution < -0.4 is 20.9 Å². The maximum atomic E-state index is 13.1. The number of halogens is 1. The fraction of sp³-hybridized carbons (Fsp3) is 0.478. The lowest BCUT2D eigenvalue weighted by atomic mass is 9.93. The fourth-order valence-corrected chi connectivity index (χ4v) is 3.81. The third-order valence-electron chi connectivity index (χ3n) is 5.44. The molecule has 3 unspecified atom stereocenters. The Balaban J connectivity index is 2.37. The molecule has 0 aliphatic rings. The minimum absolute atomic E-state index is 0.0252. The number of hydrogen-bond acceptors (Lipinski definition) is 4. The van der Waals surface area contributed by atoms with Crippen molar-refractivity contribution in [2.24, 2.45) is 5.92 Å².